The number of pyridine rings is 1. The maximum absolute atomic E-state index is 12.1. The van der Waals surface area contributed by atoms with Gasteiger partial charge in [-0.25, -0.2) is 4.52 Å². The van der Waals surface area contributed by atoms with Gasteiger partial charge in [-0.2, -0.15) is 5.10 Å². The van der Waals surface area contributed by atoms with E-state index in [1.165, 1.54) is 11.1 Å². The Labute approximate surface area is 171 Å². The molecule has 3 aromatic rings. The van der Waals surface area contributed by atoms with E-state index in [-0.39, 0.29) is 11.3 Å². The van der Waals surface area contributed by atoms with Crippen molar-refractivity contribution in [3.63, 3.8) is 0 Å². The second-order valence-corrected chi connectivity index (χ2v) is 8.85. The quantitative estimate of drug-likeness (QED) is 0.674. The first-order valence-corrected chi connectivity index (χ1v) is 10.6. The number of fused-ring (bicyclic) bond motifs is 2. The molecule has 2 aliphatic rings. The lowest BCUT2D eigenvalue weighted by Gasteiger charge is -2.29. The Balaban J connectivity index is 1.33. The minimum absolute atomic E-state index is 0.211. The van der Waals surface area contributed by atoms with Gasteiger partial charge in [0.1, 0.15) is 0 Å². The van der Waals surface area contributed by atoms with Crippen LogP contribution in [-0.4, -0.2) is 51.5 Å². The molecule has 2 saturated heterocycles. The highest BCUT2D eigenvalue weighted by Gasteiger charge is 2.52. The van der Waals surface area contributed by atoms with Crippen LogP contribution in [0.2, 0.25) is 0 Å². The van der Waals surface area contributed by atoms with Crippen molar-refractivity contribution in [2.45, 2.75) is 26.3 Å². The number of hydrogen-bond acceptors (Lipinski definition) is 3. The Kier molecular flexibility index (Phi) is 4.63. The van der Waals surface area contributed by atoms with Gasteiger partial charge in [0.25, 0.3) is 0 Å². The molecule has 0 N–H and O–H groups in total. The van der Waals surface area contributed by atoms with Crippen LogP contribution in [0.25, 0.3) is 5.52 Å². The van der Waals surface area contributed by atoms with Crippen molar-refractivity contribution < 1.29 is 4.79 Å². The number of rotatable bonds is 5. The fourth-order valence-electron chi connectivity index (χ4n) is 5.37. The second-order valence-electron chi connectivity index (χ2n) is 8.85. The number of aryl methyl sites for hydroxylation is 1. The molecule has 0 aliphatic carbocycles. The Morgan fingerprint density at radius 1 is 1.10 bits per heavy atom. The zero-order valence-electron chi connectivity index (χ0n) is 17.0. The van der Waals surface area contributed by atoms with Crippen molar-refractivity contribution in [2.24, 2.45) is 11.3 Å². The molecule has 29 heavy (non-hydrogen) atoms. The number of nitrogens with zero attached hydrogens (tertiary/aromatic N) is 4. The van der Waals surface area contributed by atoms with E-state index in [0.717, 1.165) is 51.1 Å². The fraction of sp³-hybridized carbons (Fsp3) is 0.417. The molecule has 4 heterocycles. The highest BCUT2D eigenvalue weighted by atomic mass is 16.2. The molecule has 5 rings (SSSR count). The minimum Gasteiger partial charge on any atom is -0.342 e. The normalized spacial score (nSPS) is 24.3. The summed E-state index contributed by atoms with van der Waals surface area (Å²) in [6.07, 6.45) is 6.11. The molecule has 1 amide bonds. The van der Waals surface area contributed by atoms with E-state index in [9.17, 15) is 4.79 Å². The summed E-state index contributed by atoms with van der Waals surface area (Å²) in [5.41, 5.74) is 4.08. The topological polar surface area (TPSA) is 40.9 Å². The molecule has 2 atom stereocenters. The number of carbonyl (C=O) groups is 1. The monoisotopic (exact) mass is 388 g/mol. The first-order chi connectivity index (χ1) is 14.1. The predicted molar refractivity (Wildman–Crippen MR) is 113 cm³/mol. The van der Waals surface area contributed by atoms with Crippen LogP contribution in [0, 0.1) is 11.3 Å². The molecule has 5 nitrogen and oxygen atoms in total. The van der Waals surface area contributed by atoms with Gasteiger partial charge in [0.2, 0.25) is 5.91 Å². The van der Waals surface area contributed by atoms with Crippen molar-refractivity contribution in [3.05, 3.63) is 72.1 Å². The van der Waals surface area contributed by atoms with E-state index < -0.39 is 0 Å². The third-order valence-electron chi connectivity index (χ3n) is 6.90. The predicted octanol–water partition coefficient (Wildman–Crippen LogP) is 3.25. The van der Waals surface area contributed by atoms with E-state index in [2.05, 4.69) is 57.4 Å². The van der Waals surface area contributed by atoms with Gasteiger partial charge in [-0.05, 0) is 48.1 Å². The molecule has 2 aliphatic heterocycles. The van der Waals surface area contributed by atoms with Gasteiger partial charge in [-0.1, -0.05) is 30.3 Å². The molecule has 0 radical (unpaired) electrons. The second kappa shape index (κ2) is 7.30. The van der Waals surface area contributed by atoms with E-state index in [0.29, 0.717) is 5.92 Å². The Bertz CT molecular complexity index is 1010. The van der Waals surface area contributed by atoms with E-state index in [1.807, 2.05) is 23.0 Å². The van der Waals surface area contributed by atoms with Crippen LogP contribution >= 0.6 is 0 Å². The van der Waals surface area contributed by atoms with Gasteiger partial charge in [0, 0.05) is 57.5 Å². The average molecular weight is 389 g/mol. The lowest BCUT2D eigenvalue weighted by Crippen LogP contribution is -2.36. The summed E-state index contributed by atoms with van der Waals surface area (Å²) in [5.74, 6) is 0.782. The molecule has 2 unspecified atom stereocenters. The summed E-state index contributed by atoms with van der Waals surface area (Å²) >= 11 is 0. The maximum atomic E-state index is 12.1. The smallest absolute Gasteiger partial charge is 0.219 e. The zero-order chi connectivity index (χ0) is 19.8. The standard InChI is InChI=1S/C24H28N4O/c1-19(29)27-16-22-15-26(14-21-9-12-28-23(13-21)8-11-25-28)17-24(22,18-27)10-7-20-5-3-2-4-6-20/h2-6,8-9,11-13,22H,7,10,14-18H2,1H3. The van der Waals surface area contributed by atoms with Crippen molar-refractivity contribution in [3.8, 4) is 0 Å². The summed E-state index contributed by atoms with van der Waals surface area (Å²) in [7, 11) is 0. The maximum Gasteiger partial charge on any atom is 0.219 e. The molecule has 0 spiro atoms. The van der Waals surface area contributed by atoms with Crippen LogP contribution in [0.3, 0.4) is 0 Å². The number of carbonyl (C=O) groups excluding carboxylic acids is 1. The van der Waals surface area contributed by atoms with Gasteiger partial charge >= 0.3 is 0 Å². The molecular weight excluding hydrogens is 360 g/mol. The largest absolute Gasteiger partial charge is 0.342 e. The third-order valence-corrected chi connectivity index (χ3v) is 6.90. The van der Waals surface area contributed by atoms with Gasteiger partial charge in [0.15, 0.2) is 0 Å². The highest BCUT2D eigenvalue weighted by molar-refractivity contribution is 5.73. The van der Waals surface area contributed by atoms with Gasteiger partial charge in [0.05, 0.1) is 5.52 Å². The van der Waals surface area contributed by atoms with Gasteiger partial charge in [-0.15, -0.1) is 0 Å². The van der Waals surface area contributed by atoms with Crippen molar-refractivity contribution in [1.29, 1.82) is 0 Å². The average Bonchev–Trinajstić information content (AvgIpc) is 3.39. The van der Waals surface area contributed by atoms with Crippen LogP contribution in [0.1, 0.15) is 24.5 Å². The molecule has 0 bridgehead atoms. The molecule has 2 aromatic heterocycles. The summed E-state index contributed by atoms with van der Waals surface area (Å²) < 4.78 is 1.91. The molecule has 1 aromatic carbocycles. The Morgan fingerprint density at radius 3 is 2.79 bits per heavy atom. The summed E-state index contributed by atoms with van der Waals surface area (Å²) in [5, 5.41) is 4.29. The zero-order valence-corrected chi connectivity index (χ0v) is 17.0. The van der Waals surface area contributed by atoms with Crippen molar-refractivity contribution in [2.75, 3.05) is 26.2 Å². The molecular formula is C24H28N4O. The van der Waals surface area contributed by atoms with Gasteiger partial charge < -0.3 is 4.90 Å². The summed E-state index contributed by atoms with van der Waals surface area (Å²) in [6.45, 7) is 6.62. The van der Waals surface area contributed by atoms with E-state index in [4.69, 9.17) is 0 Å². The van der Waals surface area contributed by atoms with Gasteiger partial charge in [-0.3, -0.25) is 9.69 Å². The number of hydrogen-bond donors (Lipinski definition) is 0. The first kappa shape index (κ1) is 18.4. The minimum atomic E-state index is 0.211. The number of aromatic nitrogens is 2. The van der Waals surface area contributed by atoms with Crippen LogP contribution in [0.4, 0.5) is 0 Å². The SMILES string of the molecule is CC(=O)N1CC2CN(Cc3ccn4nccc4c3)CC2(CCc2ccccc2)C1. The number of amides is 1. The molecule has 5 heteroatoms. The lowest BCUT2D eigenvalue weighted by molar-refractivity contribution is -0.128. The van der Waals surface area contributed by atoms with Crippen molar-refractivity contribution >= 4 is 11.4 Å². The van der Waals surface area contributed by atoms with E-state index in [1.54, 1.807) is 6.92 Å². The van der Waals surface area contributed by atoms with Crippen LogP contribution in [0.5, 0.6) is 0 Å². The fourth-order valence-corrected chi connectivity index (χ4v) is 5.37. The first-order valence-electron chi connectivity index (χ1n) is 10.6. The number of likely N-dealkylation sites (tertiary alicyclic amines) is 2. The highest BCUT2D eigenvalue weighted by Crippen LogP contribution is 2.46. The van der Waals surface area contributed by atoms with Crippen molar-refractivity contribution in [1.82, 2.24) is 19.4 Å². The number of benzene rings is 1. The van der Waals surface area contributed by atoms with Crippen LogP contribution in [-0.2, 0) is 17.8 Å². The Hall–Kier alpha value is -2.66. The third kappa shape index (κ3) is 3.55. The van der Waals surface area contributed by atoms with E-state index >= 15 is 0 Å². The van der Waals surface area contributed by atoms with Crippen LogP contribution < -0.4 is 0 Å². The summed E-state index contributed by atoms with van der Waals surface area (Å²) in [6, 6.07) is 17.2. The summed E-state index contributed by atoms with van der Waals surface area (Å²) in [4.78, 5) is 16.7. The van der Waals surface area contributed by atoms with Crippen LogP contribution in [0.15, 0.2) is 60.9 Å². The lowest BCUT2D eigenvalue weighted by atomic mass is 9.76. The Morgan fingerprint density at radius 2 is 1.97 bits per heavy atom. The molecule has 0 saturated carbocycles. The molecule has 2 fully saturated rings. The molecule has 150 valence electrons.